The molecule has 0 unspecified atom stereocenters. The Hall–Kier alpha value is -3.29. The van der Waals surface area contributed by atoms with E-state index in [4.69, 9.17) is 9.47 Å². The minimum Gasteiger partial charge on any atom is -0.497 e. The van der Waals surface area contributed by atoms with E-state index in [-0.39, 0.29) is 24.2 Å². The number of methoxy groups -OCH3 is 1. The summed E-state index contributed by atoms with van der Waals surface area (Å²) in [4.78, 5) is 16.6. The van der Waals surface area contributed by atoms with Gasteiger partial charge in [-0.1, -0.05) is 12.1 Å². The highest BCUT2D eigenvalue weighted by molar-refractivity contribution is 7.22. The molecule has 1 fully saturated rings. The van der Waals surface area contributed by atoms with Crippen molar-refractivity contribution < 1.29 is 23.0 Å². The molecule has 35 heavy (non-hydrogen) atoms. The number of carbonyl (C=O) groups excluding carboxylic acids is 1. The van der Waals surface area contributed by atoms with Gasteiger partial charge in [0.1, 0.15) is 23.9 Å². The SMILES string of the molecule is COc1ccc2c(C(=O)c3ccc(OCCN4CC(CF)C4)cc3)c(-c3ccc(F)cc3)sc2c1. The monoisotopic (exact) mass is 493 g/mol. The Balaban J connectivity index is 1.38. The topological polar surface area (TPSA) is 38.8 Å². The summed E-state index contributed by atoms with van der Waals surface area (Å²) < 4.78 is 38.2. The molecule has 0 N–H and O–H groups in total. The summed E-state index contributed by atoms with van der Waals surface area (Å²) in [7, 11) is 1.61. The number of nitrogens with zero attached hydrogens (tertiary/aromatic N) is 1. The third-order valence-electron chi connectivity index (χ3n) is 6.27. The summed E-state index contributed by atoms with van der Waals surface area (Å²) in [6.45, 7) is 2.57. The molecule has 7 heteroatoms. The van der Waals surface area contributed by atoms with E-state index >= 15 is 0 Å². The van der Waals surface area contributed by atoms with Crippen molar-refractivity contribution in [2.24, 2.45) is 5.92 Å². The number of carbonyl (C=O) groups is 1. The van der Waals surface area contributed by atoms with E-state index in [9.17, 15) is 13.6 Å². The van der Waals surface area contributed by atoms with Crippen molar-refractivity contribution in [3.05, 3.63) is 83.7 Å². The third-order valence-corrected chi connectivity index (χ3v) is 7.48. The van der Waals surface area contributed by atoms with Gasteiger partial charge in [0.15, 0.2) is 5.78 Å². The van der Waals surface area contributed by atoms with Crippen LogP contribution in [0.4, 0.5) is 8.78 Å². The van der Waals surface area contributed by atoms with Crippen molar-refractivity contribution in [1.29, 1.82) is 0 Å². The van der Waals surface area contributed by atoms with Crippen LogP contribution in [0.25, 0.3) is 20.5 Å². The lowest BCUT2D eigenvalue weighted by Crippen LogP contribution is -2.49. The van der Waals surface area contributed by atoms with E-state index in [0.29, 0.717) is 29.2 Å². The summed E-state index contributed by atoms with van der Waals surface area (Å²) in [5.74, 6) is 1.13. The fraction of sp³-hybridized carbons (Fsp3) is 0.250. The fourth-order valence-electron chi connectivity index (χ4n) is 4.33. The van der Waals surface area contributed by atoms with Crippen molar-refractivity contribution in [1.82, 2.24) is 4.90 Å². The van der Waals surface area contributed by atoms with Gasteiger partial charge in [-0.3, -0.25) is 14.1 Å². The molecular weight excluding hydrogens is 468 g/mol. The highest BCUT2D eigenvalue weighted by Crippen LogP contribution is 2.41. The van der Waals surface area contributed by atoms with Crippen molar-refractivity contribution in [3.8, 4) is 21.9 Å². The number of benzene rings is 3. The maximum atomic E-state index is 13.7. The molecule has 1 aliphatic rings. The minimum absolute atomic E-state index is 0.106. The maximum Gasteiger partial charge on any atom is 0.195 e. The zero-order chi connectivity index (χ0) is 24.4. The van der Waals surface area contributed by atoms with Crippen LogP contribution in [-0.4, -0.2) is 50.7 Å². The van der Waals surface area contributed by atoms with Gasteiger partial charge in [0.2, 0.25) is 0 Å². The first-order valence-electron chi connectivity index (χ1n) is 11.5. The van der Waals surface area contributed by atoms with E-state index in [1.165, 1.54) is 23.5 Å². The second-order valence-electron chi connectivity index (χ2n) is 8.66. The van der Waals surface area contributed by atoms with Crippen molar-refractivity contribution in [2.75, 3.05) is 40.0 Å². The molecule has 0 aliphatic carbocycles. The molecule has 0 radical (unpaired) electrons. The highest BCUT2D eigenvalue weighted by Gasteiger charge is 2.26. The van der Waals surface area contributed by atoms with Crippen LogP contribution in [0.3, 0.4) is 0 Å². The molecule has 0 saturated carbocycles. The highest BCUT2D eigenvalue weighted by atomic mass is 32.1. The van der Waals surface area contributed by atoms with Crippen LogP contribution in [0, 0.1) is 11.7 Å². The number of ketones is 1. The number of thiophene rings is 1. The average molecular weight is 494 g/mol. The maximum absolute atomic E-state index is 13.7. The predicted octanol–water partition coefficient (Wildman–Crippen LogP) is 6.23. The largest absolute Gasteiger partial charge is 0.497 e. The quantitative estimate of drug-likeness (QED) is 0.259. The van der Waals surface area contributed by atoms with Gasteiger partial charge in [0.25, 0.3) is 0 Å². The second-order valence-corrected chi connectivity index (χ2v) is 9.71. The molecule has 1 aliphatic heterocycles. The van der Waals surface area contributed by atoms with Crippen LogP contribution in [0.1, 0.15) is 15.9 Å². The number of rotatable bonds is 9. The second kappa shape index (κ2) is 10.1. The van der Waals surface area contributed by atoms with Crippen molar-refractivity contribution >= 4 is 27.2 Å². The van der Waals surface area contributed by atoms with E-state index < -0.39 is 0 Å². The number of hydrogen-bond acceptors (Lipinski definition) is 5. The fourth-order valence-corrected chi connectivity index (χ4v) is 5.56. The van der Waals surface area contributed by atoms with Gasteiger partial charge in [-0.2, -0.15) is 0 Å². The zero-order valence-corrected chi connectivity index (χ0v) is 20.1. The lowest BCUT2D eigenvalue weighted by molar-refractivity contribution is 0.0668. The third kappa shape index (κ3) is 4.92. The minimum atomic E-state index is -0.323. The van der Waals surface area contributed by atoms with Gasteiger partial charge in [0.05, 0.1) is 13.8 Å². The Kier molecular flexibility index (Phi) is 6.79. The van der Waals surface area contributed by atoms with Crippen LogP contribution in [0.15, 0.2) is 66.7 Å². The van der Waals surface area contributed by atoms with Crippen LogP contribution in [-0.2, 0) is 0 Å². The Morgan fingerprint density at radius 1 is 1.03 bits per heavy atom. The number of fused-ring (bicyclic) bond motifs is 1. The van der Waals surface area contributed by atoms with Crippen molar-refractivity contribution in [2.45, 2.75) is 0 Å². The smallest absolute Gasteiger partial charge is 0.195 e. The summed E-state index contributed by atoms with van der Waals surface area (Å²) in [5, 5.41) is 0.835. The van der Waals surface area contributed by atoms with Crippen LogP contribution in [0.5, 0.6) is 11.5 Å². The number of halogens is 2. The normalized spacial score (nSPS) is 14.1. The molecule has 0 bridgehead atoms. The summed E-state index contributed by atoms with van der Waals surface area (Å²) in [6, 6.07) is 19.0. The van der Waals surface area contributed by atoms with Crippen molar-refractivity contribution in [3.63, 3.8) is 0 Å². The number of hydrogen-bond donors (Lipinski definition) is 0. The summed E-state index contributed by atoms with van der Waals surface area (Å²) >= 11 is 1.49. The van der Waals surface area contributed by atoms with Crippen LogP contribution >= 0.6 is 11.3 Å². The number of alkyl halides is 1. The molecule has 1 saturated heterocycles. The van der Waals surface area contributed by atoms with Gasteiger partial charge in [0, 0.05) is 51.6 Å². The number of ether oxygens (including phenoxy) is 2. The molecule has 1 aromatic heterocycles. The van der Waals surface area contributed by atoms with E-state index in [1.54, 1.807) is 43.5 Å². The molecule has 4 aromatic rings. The predicted molar refractivity (Wildman–Crippen MR) is 135 cm³/mol. The Labute approximate surface area is 206 Å². The average Bonchev–Trinajstić information content (AvgIpc) is 3.24. The van der Waals surface area contributed by atoms with Crippen LogP contribution < -0.4 is 9.47 Å². The Morgan fingerprint density at radius 2 is 1.74 bits per heavy atom. The lowest BCUT2D eigenvalue weighted by atomic mass is 9.97. The molecule has 4 nitrogen and oxygen atoms in total. The molecule has 0 atom stereocenters. The van der Waals surface area contributed by atoms with Gasteiger partial charge in [-0.05, 0) is 60.2 Å². The molecule has 0 amide bonds. The first-order valence-corrected chi connectivity index (χ1v) is 12.3. The zero-order valence-electron chi connectivity index (χ0n) is 19.3. The van der Waals surface area contributed by atoms with Gasteiger partial charge >= 0.3 is 0 Å². The Bertz CT molecular complexity index is 1330. The standard InChI is InChI=1S/C28H25F2NO3S/c1-33-23-10-11-24-25(14-23)35-28(20-2-6-21(30)7-3-20)26(24)27(32)19-4-8-22(9-5-19)34-13-12-31-16-18(15-29)17-31/h2-11,14,18H,12-13,15-17H2,1H3. The lowest BCUT2D eigenvalue weighted by Gasteiger charge is -2.37. The van der Waals surface area contributed by atoms with Crippen LogP contribution in [0.2, 0.25) is 0 Å². The molecular formula is C28H25F2NO3S. The molecule has 3 aromatic carbocycles. The first kappa shape index (κ1) is 23.5. The summed E-state index contributed by atoms with van der Waals surface area (Å²) in [6.07, 6.45) is 0. The van der Waals surface area contributed by atoms with E-state index in [0.717, 1.165) is 40.2 Å². The van der Waals surface area contributed by atoms with Gasteiger partial charge in [-0.15, -0.1) is 11.3 Å². The number of likely N-dealkylation sites (tertiary alicyclic amines) is 1. The Morgan fingerprint density at radius 3 is 2.43 bits per heavy atom. The summed E-state index contributed by atoms with van der Waals surface area (Å²) in [5.41, 5.74) is 1.92. The molecule has 2 heterocycles. The van der Waals surface area contributed by atoms with E-state index in [2.05, 4.69) is 4.90 Å². The van der Waals surface area contributed by atoms with Gasteiger partial charge < -0.3 is 9.47 Å². The molecule has 180 valence electrons. The first-order chi connectivity index (χ1) is 17.1. The van der Waals surface area contributed by atoms with E-state index in [1.807, 2.05) is 18.2 Å². The molecule has 0 spiro atoms. The van der Waals surface area contributed by atoms with Gasteiger partial charge in [-0.25, -0.2) is 4.39 Å². The molecule has 5 rings (SSSR count).